The second kappa shape index (κ2) is 5.74. The number of amides is 1. The fourth-order valence-corrected chi connectivity index (χ4v) is 1.26. The molecule has 5 N–H and O–H groups in total. The molecule has 0 aromatic heterocycles. The Hall–Kier alpha value is -1.05. The topological polar surface area (TPSA) is 113 Å². The van der Waals surface area contributed by atoms with Gasteiger partial charge in [0.25, 0.3) is 0 Å². The maximum Gasteiger partial charge on any atom is 0.331 e. The summed E-state index contributed by atoms with van der Waals surface area (Å²) in [6, 6.07) is -2.08. The summed E-state index contributed by atoms with van der Waals surface area (Å²) in [5, 5.41) is 20.3. The molecule has 0 radical (unpaired) electrons. The van der Waals surface area contributed by atoms with Crippen molar-refractivity contribution in [1.82, 2.24) is 5.32 Å². The first-order valence-corrected chi connectivity index (χ1v) is 4.65. The second-order valence-electron chi connectivity index (χ2n) is 3.18. The molecule has 7 heteroatoms. The van der Waals surface area contributed by atoms with Gasteiger partial charge in [-0.2, -0.15) is 0 Å². The SMILES string of the molecule is CC(=O)N[C@H](C(=O)O)C(=S)C(O)C(C)N. The van der Waals surface area contributed by atoms with Crippen molar-refractivity contribution >= 4 is 29.0 Å². The number of aliphatic carboxylic acids is 1. The van der Waals surface area contributed by atoms with Crippen LogP contribution in [0.3, 0.4) is 0 Å². The molecule has 0 bridgehead atoms. The van der Waals surface area contributed by atoms with Gasteiger partial charge < -0.3 is 21.3 Å². The minimum Gasteiger partial charge on any atom is -0.479 e. The molecule has 0 aromatic rings. The lowest BCUT2D eigenvalue weighted by molar-refractivity contribution is -0.139. The van der Waals surface area contributed by atoms with Gasteiger partial charge in [-0.05, 0) is 6.92 Å². The Labute approximate surface area is 92.5 Å². The number of hydrogen-bond donors (Lipinski definition) is 4. The van der Waals surface area contributed by atoms with Crippen molar-refractivity contribution in [3.05, 3.63) is 0 Å². The van der Waals surface area contributed by atoms with Gasteiger partial charge in [0.05, 0.1) is 4.86 Å². The monoisotopic (exact) mass is 234 g/mol. The average Bonchev–Trinajstić information content (AvgIpc) is 2.10. The van der Waals surface area contributed by atoms with Gasteiger partial charge in [-0.1, -0.05) is 12.2 Å². The van der Waals surface area contributed by atoms with Crippen molar-refractivity contribution in [2.75, 3.05) is 0 Å². The fraction of sp³-hybridized carbons (Fsp3) is 0.625. The molecular formula is C8H14N2O4S. The van der Waals surface area contributed by atoms with Crippen LogP contribution in [0.2, 0.25) is 0 Å². The molecule has 0 saturated carbocycles. The van der Waals surface area contributed by atoms with Crippen LogP contribution in [-0.2, 0) is 9.59 Å². The highest BCUT2D eigenvalue weighted by atomic mass is 32.1. The molecule has 1 amide bonds. The van der Waals surface area contributed by atoms with Crippen molar-refractivity contribution in [2.24, 2.45) is 5.73 Å². The zero-order valence-electron chi connectivity index (χ0n) is 8.43. The van der Waals surface area contributed by atoms with E-state index in [9.17, 15) is 14.7 Å². The zero-order chi connectivity index (χ0) is 12.2. The molecule has 2 unspecified atom stereocenters. The summed E-state index contributed by atoms with van der Waals surface area (Å²) in [7, 11) is 0. The quantitative estimate of drug-likeness (QED) is 0.438. The average molecular weight is 234 g/mol. The van der Waals surface area contributed by atoms with Crippen LogP contribution in [0.1, 0.15) is 13.8 Å². The van der Waals surface area contributed by atoms with Gasteiger partial charge in [0.2, 0.25) is 5.91 Å². The molecule has 0 spiro atoms. The fourth-order valence-electron chi connectivity index (χ4n) is 0.888. The minimum absolute atomic E-state index is 0.201. The number of rotatable bonds is 5. The van der Waals surface area contributed by atoms with Gasteiger partial charge in [-0.3, -0.25) is 4.79 Å². The Morgan fingerprint density at radius 2 is 1.93 bits per heavy atom. The number of carbonyl (C=O) groups excluding carboxylic acids is 1. The number of carbonyl (C=O) groups is 2. The van der Waals surface area contributed by atoms with Gasteiger partial charge in [-0.15, -0.1) is 0 Å². The lowest BCUT2D eigenvalue weighted by Gasteiger charge is -2.21. The van der Waals surface area contributed by atoms with Crippen LogP contribution in [0, 0.1) is 0 Å². The molecule has 0 aliphatic rings. The number of nitrogens with one attached hydrogen (secondary N) is 1. The number of carboxylic acid groups (broad SMARTS) is 1. The van der Waals surface area contributed by atoms with Crippen LogP contribution in [0.15, 0.2) is 0 Å². The predicted molar refractivity (Wildman–Crippen MR) is 57.5 cm³/mol. The number of nitrogens with two attached hydrogens (primary N) is 1. The van der Waals surface area contributed by atoms with E-state index in [1.807, 2.05) is 0 Å². The summed E-state index contributed by atoms with van der Waals surface area (Å²) in [5.41, 5.74) is 5.36. The molecule has 0 saturated heterocycles. The molecule has 0 fully saturated rings. The van der Waals surface area contributed by atoms with Crippen LogP contribution in [0.25, 0.3) is 0 Å². The Balaban J connectivity index is 4.70. The van der Waals surface area contributed by atoms with Gasteiger partial charge in [0.15, 0.2) is 6.04 Å². The van der Waals surface area contributed by atoms with Gasteiger partial charge in [0.1, 0.15) is 6.10 Å². The van der Waals surface area contributed by atoms with E-state index < -0.39 is 30.1 Å². The Morgan fingerprint density at radius 3 is 2.20 bits per heavy atom. The maximum atomic E-state index is 10.7. The van der Waals surface area contributed by atoms with E-state index >= 15 is 0 Å². The highest BCUT2D eigenvalue weighted by Crippen LogP contribution is 2.00. The third-order valence-electron chi connectivity index (χ3n) is 1.67. The summed E-state index contributed by atoms with van der Waals surface area (Å²) in [6.07, 6.45) is -1.24. The third kappa shape index (κ3) is 4.32. The molecule has 0 aliphatic heterocycles. The largest absolute Gasteiger partial charge is 0.479 e. The van der Waals surface area contributed by atoms with E-state index in [1.54, 1.807) is 0 Å². The van der Waals surface area contributed by atoms with E-state index in [4.69, 9.17) is 23.1 Å². The highest BCUT2D eigenvalue weighted by molar-refractivity contribution is 7.80. The number of thiocarbonyl (C=S) groups is 1. The lowest BCUT2D eigenvalue weighted by Crippen LogP contribution is -2.52. The minimum atomic E-state index is -1.39. The third-order valence-corrected chi connectivity index (χ3v) is 2.15. The zero-order valence-corrected chi connectivity index (χ0v) is 9.25. The summed E-state index contributed by atoms with van der Waals surface area (Å²) < 4.78 is 0. The molecule has 0 heterocycles. The number of aliphatic hydroxyl groups is 1. The van der Waals surface area contributed by atoms with E-state index in [-0.39, 0.29) is 4.86 Å². The van der Waals surface area contributed by atoms with Crippen molar-refractivity contribution in [3.8, 4) is 0 Å². The molecule has 0 aliphatic carbocycles. The second-order valence-corrected chi connectivity index (χ2v) is 3.65. The van der Waals surface area contributed by atoms with Gasteiger partial charge in [-0.25, -0.2) is 4.79 Å². The molecule has 86 valence electrons. The van der Waals surface area contributed by atoms with Crippen LogP contribution >= 0.6 is 12.2 Å². The molecule has 3 atom stereocenters. The normalized spacial score (nSPS) is 16.3. The summed E-state index contributed by atoms with van der Waals surface area (Å²) in [4.78, 5) is 21.3. The molecular weight excluding hydrogens is 220 g/mol. The van der Waals surface area contributed by atoms with Crippen molar-refractivity contribution < 1.29 is 19.8 Å². The summed E-state index contributed by atoms with van der Waals surface area (Å²) in [6.45, 7) is 2.65. The van der Waals surface area contributed by atoms with E-state index in [1.165, 1.54) is 6.92 Å². The summed E-state index contributed by atoms with van der Waals surface area (Å²) in [5.74, 6) is -1.86. The lowest BCUT2D eigenvalue weighted by atomic mass is 10.0. The molecule has 6 nitrogen and oxygen atoms in total. The van der Waals surface area contributed by atoms with Crippen LogP contribution in [0.4, 0.5) is 0 Å². The van der Waals surface area contributed by atoms with E-state index in [0.29, 0.717) is 0 Å². The van der Waals surface area contributed by atoms with Crippen LogP contribution < -0.4 is 11.1 Å². The molecule has 0 rings (SSSR count). The smallest absolute Gasteiger partial charge is 0.331 e. The maximum absolute atomic E-state index is 10.7. The highest BCUT2D eigenvalue weighted by Gasteiger charge is 2.29. The van der Waals surface area contributed by atoms with Crippen molar-refractivity contribution in [3.63, 3.8) is 0 Å². The van der Waals surface area contributed by atoms with Gasteiger partial charge >= 0.3 is 5.97 Å². The van der Waals surface area contributed by atoms with Crippen LogP contribution in [-0.4, -0.2) is 45.1 Å². The van der Waals surface area contributed by atoms with Gasteiger partial charge in [0, 0.05) is 13.0 Å². The molecule has 15 heavy (non-hydrogen) atoms. The number of aliphatic hydroxyl groups excluding tert-OH is 1. The standard InChI is InChI=1S/C8H14N2O4S/c1-3(9)6(12)7(15)5(8(13)14)10-4(2)11/h3,5-6,12H,9H2,1-2H3,(H,10,11)(H,13,14)/t3?,5-,6?/m0/s1. The van der Waals surface area contributed by atoms with Crippen molar-refractivity contribution in [2.45, 2.75) is 32.0 Å². The first-order chi connectivity index (χ1) is 6.77. The first-order valence-electron chi connectivity index (χ1n) is 4.24. The Bertz CT molecular complexity index is 280. The first kappa shape index (κ1) is 13.9. The van der Waals surface area contributed by atoms with E-state index in [2.05, 4.69) is 5.32 Å². The Kier molecular flexibility index (Phi) is 5.34. The molecule has 0 aromatic carbocycles. The number of hydrogen-bond acceptors (Lipinski definition) is 5. The number of carboxylic acids is 1. The predicted octanol–water partition coefficient (Wildman–Crippen LogP) is -1.35. The van der Waals surface area contributed by atoms with E-state index in [0.717, 1.165) is 6.92 Å². The van der Waals surface area contributed by atoms with Crippen LogP contribution in [0.5, 0.6) is 0 Å². The summed E-state index contributed by atoms with van der Waals surface area (Å²) >= 11 is 4.74. The Morgan fingerprint density at radius 1 is 1.47 bits per heavy atom. The van der Waals surface area contributed by atoms with Crippen molar-refractivity contribution in [1.29, 1.82) is 0 Å².